The maximum Gasteiger partial charge on any atom is 0.251 e. The standard InChI is InChI=1S/C21H20N6O/c28-21(20-7-5-19(6-8-20)13-27-16-23-14-25-27)24-11-17-1-3-18(4-2-17)12-26-10-9-22-15-26/h1-10,14-16H,11-13H2,(H,24,28). The van der Waals surface area contributed by atoms with Crippen LogP contribution >= 0.6 is 0 Å². The molecule has 28 heavy (non-hydrogen) atoms. The molecule has 0 aliphatic carbocycles. The fourth-order valence-electron chi connectivity index (χ4n) is 2.90. The molecule has 0 unspecified atom stereocenters. The maximum absolute atomic E-state index is 12.4. The summed E-state index contributed by atoms with van der Waals surface area (Å²) in [4.78, 5) is 20.3. The first-order valence-electron chi connectivity index (χ1n) is 8.99. The van der Waals surface area contributed by atoms with Crippen LogP contribution in [0, 0.1) is 0 Å². The number of hydrogen-bond acceptors (Lipinski definition) is 4. The molecule has 7 heteroatoms. The number of rotatable bonds is 7. The Balaban J connectivity index is 1.30. The second kappa shape index (κ2) is 8.30. The van der Waals surface area contributed by atoms with E-state index in [1.807, 2.05) is 47.2 Å². The number of hydrogen-bond donors (Lipinski definition) is 1. The zero-order valence-corrected chi connectivity index (χ0v) is 15.3. The molecule has 0 atom stereocenters. The zero-order chi connectivity index (χ0) is 19.2. The molecule has 0 saturated carbocycles. The minimum absolute atomic E-state index is 0.0882. The zero-order valence-electron chi connectivity index (χ0n) is 15.3. The van der Waals surface area contributed by atoms with Crippen LogP contribution in [0.25, 0.3) is 0 Å². The Morgan fingerprint density at radius 3 is 2.25 bits per heavy atom. The highest BCUT2D eigenvalue weighted by atomic mass is 16.1. The van der Waals surface area contributed by atoms with Gasteiger partial charge >= 0.3 is 0 Å². The highest BCUT2D eigenvalue weighted by Gasteiger charge is 2.06. The van der Waals surface area contributed by atoms with Crippen LogP contribution in [0.4, 0.5) is 0 Å². The second-order valence-electron chi connectivity index (χ2n) is 6.52. The third kappa shape index (κ3) is 4.50. The Morgan fingerprint density at radius 2 is 1.57 bits per heavy atom. The van der Waals surface area contributed by atoms with E-state index in [0.29, 0.717) is 18.7 Å². The van der Waals surface area contributed by atoms with Gasteiger partial charge in [0.1, 0.15) is 12.7 Å². The Kier molecular flexibility index (Phi) is 5.24. The summed E-state index contributed by atoms with van der Waals surface area (Å²) in [5, 5.41) is 7.04. The molecule has 0 aliphatic heterocycles. The van der Waals surface area contributed by atoms with E-state index in [4.69, 9.17) is 0 Å². The van der Waals surface area contributed by atoms with Gasteiger partial charge in [-0.05, 0) is 28.8 Å². The van der Waals surface area contributed by atoms with Crippen molar-refractivity contribution in [2.24, 2.45) is 0 Å². The predicted molar refractivity (Wildman–Crippen MR) is 105 cm³/mol. The van der Waals surface area contributed by atoms with E-state index in [9.17, 15) is 4.79 Å². The molecule has 2 heterocycles. The van der Waals surface area contributed by atoms with Crippen molar-refractivity contribution in [2.75, 3.05) is 0 Å². The third-order valence-corrected chi connectivity index (χ3v) is 4.43. The Labute approximate surface area is 162 Å². The summed E-state index contributed by atoms with van der Waals surface area (Å²) in [6.07, 6.45) is 8.68. The molecule has 0 spiro atoms. The Bertz CT molecular complexity index is 1010. The van der Waals surface area contributed by atoms with Crippen molar-refractivity contribution < 1.29 is 4.79 Å². The topological polar surface area (TPSA) is 77.6 Å². The van der Waals surface area contributed by atoms with Gasteiger partial charge in [-0.25, -0.2) is 14.6 Å². The minimum Gasteiger partial charge on any atom is -0.348 e. The summed E-state index contributed by atoms with van der Waals surface area (Å²) in [5.41, 5.74) is 3.95. The molecular formula is C21H20N6O. The van der Waals surface area contributed by atoms with E-state index < -0.39 is 0 Å². The number of nitrogens with zero attached hydrogens (tertiary/aromatic N) is 5. The van der Waals surface area contributed by atoms with Gasteiger partial charge in [-0.3, -0.25) is 4.79 Å². The van der Waals surface area contributed by atoms with Gasteiger partial charge in [0.2, 0.25) is 0 Å². The van der Waals surface area contributed by atoms with Gasteiger partial charge in [-0.15, -0.1) is 0 Å². The van der Waals surface area contributed by atoms with Gasteiger partial charge in [0.15, 0.2) is 0 Å². The molecule has 0 aliphatic rings. The molecule has 0 bridgehead atoms. The molecule has 0 fully saturated rings. The lowest BCUT2D eigenvalue weighted by atomic mass is 10.1. The van der Waals surface area contributed by atoms with Crippen molar-refractivity contribution in [3.63, 3.8) is 0 Å². The van der Waals surface area contributed by atoms with E-state index >= 15 is 0 Å². The number of nitrogens with one attached hydrogen (secondary N) is 1. The lowest BCUT2D eigenvalue weighted by Gasteiger charge is -2.08. The van der Waals surface area contributed by atoms with Gasteiger partial charge < -0.3 is 9.88 Å². The first-order chi connectivity index (χ1) is 13.8. The van der Waals surface area contributed by atoms with Gasteiger partial charge in [0.05, 0.1) is 12.9 Å². The molecule has 4 rings (SSSR count). The summed E-state index contributed by atoms with van der Waals surface area (Å²) >= 11 is 0. The molecule has 0 saturated heterocycles. The number of aromatic nitrogens is 5. The monoisotopic (exact) mass is 372 g/mol. The van der Waals surface area contributed by atoms with Gasteiger partial charge in [-0.2, -0.15) is 5.10 Å². The molecule has 4 aromatic rings. The normalized spacial score (nSPS) is 10.7. The van der Waals surface area contributed by atoms with Crippen molar-refractivity contribution >= 4 is 5.91 Å². The molecule has 7 nitrogen and oxygen atoms in total. The third-order valence-electron chi connectivity index (χ3n) is 4.43. The number of imidazole rings is 1. The van der Waals surface area contributed by atoms with Crippen molar-refractivity contribution in [3.05, 3.63) is 102 Å². The SMILES string of the molecule is O=C(NCc1ccc(Cn2ccnc2)cc1)c1ccc(Cn2cncn2)cc1. The quantitative estimate of drug-likeness (QED) is 0.541. The smallest absolute Gasteiger partial charge is 0.251 e. The summed E-state index contributed by atoms with van der Waals surface area (Å²) in [5.74, 6) is -0.0882. The fraction of sp³-hybridized carbons (Fsp3) is 0.143. The van der Waals surface area contributed by atoms with E-state index in [1.165, 1.54) is 11.9 Å². The van der Waals surface area contributed by atoms with Gasteiger partial charge in [0.25, 0.3) is 5.91 Å². The molecule has 2 aromatic carbocycles. The van der Waals surface area contributed by atoms with Crippen LogP contribution in [0.5, 0.6) is 0 Å². The minimum atomic E-state index is -0.0882. The fourth-order valence-corrected chi connectivity index (χ4v) is 2.90. The van der Waals surface area contributed by atoms with E-state index in [2.05, 4.69) is 32.5 Å². The van der Waals surface area contributed by atoms with Crippen LogP contribution in [0.3, 0.4) is 0 Å². The van der Waals surface area contributed by atoms with Gasteiger partial charge in [-0.1, -0.05) is 36.4 Å². The van der Waals surface area contributed by atoms with E-state index in [1.54, 1.807) is 23.5 Å². The van der Waals surface area contributed by atoms with E-state index in [-0.39, 0.29) is 5.91 Å². The van der Waals surface area contributed by atoms with Crippen LogP contribution in [-0.2, 0) is 19.6 Å². The Hall–Kier alpha value is -3.74. The average molecular weight is 372 g/mol. The van der Waals surface area contributed by atoms with E-state index in [0.717, 1.165) is 17.7 Å². The van der Waals surface area contributed by atoms with Gasteiger partial charge in [0, 0.05) is 31.0 Å². The van der Waals surface area contributed by atoms with Crippen molar-refractivity contribution in [1.29, 1.82) is 0 Å². The number of carbonyl (C=O) groups excluding carboxylic acids is 1. The summed E-state index contributed by atoms with van der Waals surface area (Å²) in [6, 6.07) is 15.7. The summed E-state index contributed by atoms with van der Waals surface area (Å²) < 4.78 is 3.76. The molecular weight excluding hydrogens is 352 g/mol. The molecule has 1 amide bonds. The van der Waals surface area contributed by atoms with Crippen LogP contribution in [0.1, 0.15) is 27.0 Å². The highest BCUT2D eigenvalue weighted by Crippen LogP contribution is 2.08. The van der Waals surface area contributed by atoms with Crippen LogP contribution in [0.2, 0.25) is 0 Å². The highest BCUT2D eigenvalue weighted by molar-refractivity contribution is 5.94. The van der Waals surface area contributed by atoms with Crippen molar-refractivity contribution in [1.82, 2.24) is 29.6 Å². The maximum atomic E-state index is 12.4. The lowest BCUT2D eigenvalue weighted by molar-refractivity contribution is 0.0951. The summed E-state index contributed by atoms with van der Waals surface area (Å²) in [7, 11) is 0. The number of benzene rings is 2. The molecule has 0 radical (unpaired) electrons. The molecule has 1 N–H and O–H groups in total. The summed E-state index contributed by atoms with van der Waals surface area (Å²) in [6.45, 7) is 1.91. The van der Waals surface area contributed by atoms with Crippen molar-refractivity contribution in [3.8, 4) is 0 Å². The molecule has 140 valence electrons. The lowest BCUT2D eigenvalue weighted by Crippen LogP contribution is -2.22. The van der Waals surface area contributed by atoms with Crippen LogP contribution in [-0.4, -0.2) is 30.2 Å². The first-order valence-corrected chi connectivity index (χ1v) is 8.99. The average Bonchev–Trinajstić information content (AvgIpc) is 3.42. The second-order valence-corrected chi connectivity index (χ2v) is 6.52. The van der Waals surface area contributed by atoms with Crippen LogP contribution < -0.4 is 5.32 Å². The van der Waals surface area contributed by atoms with Crippen LogP contribution in [0.15, 0.2) is 79.9 Å². The first kappa shape index (κ1) is 17.7. The number of carbonyl (C=O) groups is 1. The largest absolute Gasteiger partial charge is 0.348 e. The molecule has 2 aromatic heterocycles. The number of amides is 1. The predicted octanol–water partition coefficient (Wildman–Crippen LogP) is 2.50. The Morgan fingerprint density at radius 1 is 0.857 bits per heavy atom. The van der Waals surface area contributed by atoms with Crippen molar-refractivity contribution in [2.45, 2.75) is 19.6 Å².